The number of aliphatic carboxylic acids is 1. The van der Waals surface area contributed by atoms with Crippen molar-refractivity contribution in [1.29, 1.82) is 0 Å². The molecule has 100 valence electrons. The van der Waals surface area contributed by atoms with Crippen molar-refractivity contribution in [3.63, 3.8) is 0 Å². The molecule has 0 saturated heterocycles. The van der Waals surface area contributed by atoms with Crippen molar-refractivity contribution in [3.8, 4) is 0 Å². The van der Waals surface area contributed by atoms with E-state index < -0.39 is 5.97 Å². The first-order chi connectivity index (χ1) is 8.22. The van der Waals surface area contributed by atoms with E-state index in [0.29, 0.717) is 12.0 Å². The molecule has 3 nitrogen and oxygen atoms in total. The normalized spacial score (nSPS) is 28.7. The standard InChI is InChI=1S/C15H22O3/c1-10(7-14(17)18)5-6-13-11(2)8-12(16)9-15(13,3)4/h5-7,12-13,16H,2,8-9H2,1,3-4H3,(H,17,18)/b6-5+,10-7-/t12-,13+/m1/s1. The summed E-state index contributed by atoms with van der Waals surface area (Å²) >= 11 is 0. The van der Waals surface area contributed by atoms with E-state index in [2.05, 4.69) is 20.4 Å². The molecule has 0 bridgehead atoms. The number of carboxylic acid groups (broad SMARTS) is 1. The Kier molecular flexibility index (Phi) is 4.52. The van der Waals surface area contributed by atoms with Gasteiger partial charge in [-0.2, -0.15) is 0 Å². The third-order valence-corrected chi connectivity index (χ3v) is 3.44. The van der Waals surface area contributed by atoms with Crippen molar-refractivity contribution < 1.29 is 15.0 Å². The number of allylic oxidation sites excluding steroid dienone is 3. The van der Waals surface area contributed by atoms with Gasteiger partial charge in [0.1, 0.15) is 0 Å². The molecule has 0 aromatic carbocycles. The monoisotopic (exact) mass is 250 g/mol. The van der Waals surface area contributed by atoms with Crippen molar-refractivity contribution in [3.05, 3.63) is 36.0 Å². The maximum atomic E-state index is 10.5. The molecule has 18 heavy (non-hydrogen) atoms. The van der Waals surface area contributed by atoms with E-state index in [-0.39, 0.29) is 17.4 Å². The lowest BCUT2D eigenvalue weighted by molar-refractivity contribution is -0.131. The Morgan fingerprint density at radius 1 is 1.50 bits per heavy atom. The minimum Gasteiger partial charge on any atom is -0.478 e. The number of hydrogen-bond donors (Lipinski definition) is 2. The van der Waals surface area contributed by atoms with Crippen LogP contribution in [0.15, 0.2) is 36.0 Å². The largest absolute Gasteiger partial charge is 0.478 e. The van der Waals surface area contributed by atoms with Crippen LogP contribution in [0.2, 0.25) is 0 Å². The van der Waals surface area contributed by atoms with Gasteiger partial charge in [0.2, 0.25) is 0 Å². The minimum absolute atomic E-state index is 0.0469. The number of rotatable bonds is 3. The summed E-state index contributed by atoms with van der Waals surface area (Å²) in [7, 11) is 0. The molecule has 2 atom stereocenters. The molecule has 1 aliphatic carbocycles. The second-order valence-corrected chi connectivity index (χ2v) is 5.77. The van der Waals surface area contributed by atoms with E-state index in [0.717, 1.165) is 12.0 Å². The topological polar surface area (TPSA) is 57.5 Å². The second kappa shape index (κ2) is 5.53. The van der Waals surface area contributed by atoms with Gasteiger partial charge in [-0.05, 0) is 30.8 Å². The van der Waals surface area contributed by atoms with Gasteiger partial charge in [-0.25, -0.2) is 4.79 Å². The highest BCUT2D eigenvalue weighted by Gasteiger charge is 2.36. The van der Waals surface area contributed by atoms with Crippen LogP contribution >= 0.6 is 0 Å². The summed E-state index contributed by atoms with van der Waals surface area (Å²) in [5.74, 6) is -0.757. The Bertz CT molecular complexity index is 402. The Hall–Kier alpha value is -1.35. The first kappa shape index (κ1) is 14.7. The summed E-state index contributed by atoms with van der Waals surface area (Å²) in [5, 5.41) is 18.4. The summed E-state index contributed by atoms with van der Waals surface area (Å²) in [6.07, 6.45) is 6.06. The van der Waals surface area contributed by atoms with Crippen LogP contribution in [-0.4, -0.2) is 22.3 Å². The van der Waals surface area contributed by atoms with Crippen LogP contribution in [0, 0.1) is 11.3 Å². The van der Waals surface area contributed by atoms with E-state index in [9.17, 15) is 9.90 Å². The van der Waals surface area contributed by atoms with Crippen molar-refractivity contribution in [2.24, 2.45) is 11.3 Å². The van der Waals surface area contributed by atoms with Crippen LogP contribution < -0.4 is 0 Å². The lowest BCUT2D eigenvalue weighted by Gasteiger charge is -2.41. The Morgan fingerprint density at radius 3 is 2.61 bits per heavy atom. The summed E-state index contributed by atoms with van der Waals surface area (Å²) in [6, 6.07) is 0. The zero-order valence-corrected chi connectivity index (χ0v) is 11.3. The van der Waals surface area contributed by atoms with Crippen LogP contribution in [0.3, 0.4) is 0 Å². The molecule has 0 aliphatic heterocycles. The molecule has 0 heterocycles. The smallest absolute Gasteiger partial charge is 0.328 e. The Balaban J connectivity index is 2.85. The third-order valence-electron chi connectivity index (χ3n) is 3.44. The maximum Gasteiger partial charge on any atom is 0.328 e. The average Bonchev–Trinajstić information content (AvgIpc) is 2.12. The number of carbonyl (C=O) groups is 1. The molecule has 1 rings (SSSR count). The van der Waals surface area contributed by atoms with Crippen LogP contribution in [0.1, 0.15) is 33.6 Å². The maximum absolute atomic E-state index is 10.5. The molecule has 1 aliphatic rings. The van der Waals surface area contributed by atoms with Gasteiger partial charge in [0.15, 0.2) is 0 Å². The van der Waals surface area contributed by atoms with Gasteiger partial charge in [0, 0.05) is 12.0 Å². The van der Waals surface area contributed by atoms with Crippen molar-refractivity contribution in [1.82, 2.24) is 0 Å². The molecule has 1 fully saturated rings. The molecule has 0 spiro atoms. The molecule has 0 amide bonds. The quantitative estimate of drug-likeness (QED) is 0.460. The lowest BCUT2D eigenvalue weighted by Crippen LogP contribution is -2.35. The summed E-state index contributed by atoms with van der Waals surface area (Å²) < 4.78 is 0. The fraction of sp³-hybridized carbons (Fsp3) is 0.533. The molecule has 0 aromatic heterocycles. The van der Waals surface area contributed by atoms with Gasteiger partial charge >= 0.3 is 5.97 Å². The molecule has 0 aromatic rings. The predicted octanol–water partition coefficient (Wildman–Crippen LogP) is 2.93. The van der Waals surface area contributed by atoms with Crippen LogP contribution in [-0.2, 0) is 4.79 Å². The van der Waals surface area contributed by atoms with Gasteiger partial charge < -0.3 is 10.2 Å². The first-order valence-corrected chi connectivity index (χ1v) is 6.17. The zero-order valence-electron chi connectivity index (χ0n) is 11.3. The number of aliphatic hydroxyl groups excluding tert-OH is 1. The van der Waals surface area contributed by atoms with E-state index in [1.807, 2.05) is 12.2 Å². The molecule has 2 N–H and O–H groups in total. The van der Waals surface area contributed by atoms with E-state index >= 15 is 0 Å². The van der Waals surface area contributed by atoms with Gasteiger partial charge in [0.05, 0.1) is 6.10 Å². The lowest BCUT2D eigenvalue weighted by atomic mass is 9.65. The van der Waals surface area contributed by atoms with Gasteiger partial charge in [-0.15, -0.1) is 0 Å². The zero-order chi connectivity index (χ0) is 13.9. The van der Waals surface area contributed by atoms with Crippen LogP contribution in [0.25, 0.3) is 0 Å². The van der Waals surface area contributed by atoms with E-state index in [1.165, 1.54) is 6.08 Å². The third kappa shape index (κ3) is 3.84. The first-order valence-electron chi connectivity index (χ1n) is 6.17. The molecule has 0 unspecified atom stereocenters. The van der Waals surface area contributed by atoms with Gasteiger partial charge in [0.25, 0.3) is 0 Å². The Labute approximate surface area is 109 Å². The van der Waals surface area contributed by atoms with E-state index in [4.69, 9.17) is 5.11 Å². The Morgan fingerprint density at radius 2 is 2.11 bits per heavy atom. The fourth-order valence-corrected chi connectivity index (χ4v) is 2.68. The summed E-state index contributed by atoms with van der Waals surface area (Å²) in [4.78, 5) is 10.5. The summed E-state index contributed by atoms with van der Waals surface area (Å²) in [5.41, 5.74) is 1.67. The fourth-order valence-electron chi connectivity index (χ4n) is 2.68. The highest BCUT2D eigenvalue weighted by Crippen LogP contribution is 2.43. The molecule has 1 saturated carbocycles. The predicted molar refractivity (Wildman–Crippen MR) is 72.2 cm³/mol. The average molecular weight is 250 g/mol. The van der Waals surface area contributed by atoms with Gasteiger partial charge in [-0.1, -0.05) is 38.2 Å². The molecular weight excluding hydrogens is 228 g/mol. The number of aliphatic hydroxyl groups is 1. The van der Waals surface area contributed by atoms with Crippen molar-refractivity contribution in [2.75, 3.05) is 0 Å². The van der Waals surface area contributed by atoms with Crippen molar-refractivity contribution >= 4 is 5.97 Å². The second-order valence-electron chi connectivity index (χ2n) is 5.77. The van der Waals surface area contributed by atoms with Gasteiger partial charge in [-0.3, -0.25) is 0 Å². The molecule has 3 heteroatoms. The minimum atomic E-state index is -0.936. The molecule has 0 radical (unpaired) electrons. The number of hydrogen-bond acceptors (Lipinski definition) is 2. The van der Waals surface area contributed by atoms with Crippen LogP contribution in [0.4, 0.5) is 0 Å². The number of carboxylic acids is 1. The molecular formula is C15H22O3. The summed E-state index contributed by atoms with van der Waals surface area (Å²) in [6.45, 7) is 10.0. The highest BCUT2D eigenvalue weighted by molar-refractivity contribution is 5.81. The SMILES string of the molecule is C=C1C[C@@H](O)CC(C)(C)[C@H]1/C=C/C(C)=C\C(=O)O. The van der Waals surface area contributed by atoms with E-state index in [1.54, 1.807) is 6.92 Å². The highest BCUT2D eigenvalue weighted by atomic mass is 16.4. The van der Waals surface area contributed by atoms with Crippen molar-refractivity contribution in [2.45, 2.75) is 39.7 Å². The van der Waals surface area contributed by atoms with Crippen LogP contribution in [0.5, 0.6) is 0 Å².